The number of halogens is 2. The Bertz CT molecular complexity index is 917. The molecule has 1 aliphatic heterocycles. The number of para-hydroxylation sites is 1. The number of nitrogens with one attached hydrogen (secondary N) is 1. The summed E-state index contributed by atoms with van der Waals surface area (Å²) in [6.07, 6.45) is 1.86. The number of thioether (sulfide) groups is 1. The van der Waals surface area contributed by atoms with Crippen molar-refractivity contribution in [2.24, 2.45) is 0 Å². The van der Waals surface area contributed by atoms with Crippen LogP contribution in [0.4, 0.5) is 10.1 Å². The first-order valence-electron chi connectivity index (χ1n) is 8.59. The van der Waals surface area contributed by atoms with E-state index >= 15 is 0 Å². The van der Waals surface area contributed by atoms with E-state index in [2.05, 4.69) is 10.5 Å². The molecule has 2 N–H and O–H groups in total. The minimum atomic E-state index is -1.66. The first kappa shape index (κ1) is 21.2. The Morgan fingerprint density at radius 1 is 1.45 bits per heavy atom. The summed E-state index contributed by atoms with van der Waals surface area (Å²) in [5.41, 5.74) is -0.560. The molecule has 0 bridgehead atoms. The fourth-order valence-electron chi connectivity index (χ4n) is 2.79. The van der Waals surface area contributed by atoms with Crippen LogP contribution in [-0.2, 0) is 14.3 Å². The molecule has 0 saturated carbocycles. The second-order valence-corrected chi connectivity index (χ2v) is 7.37. The first-order chi connectivity index (χ1) is 13.9. The lowest BCUT2D eigenvalue weighted by Crippen LogP contribution is -2.45. The molecule has 1 unspecified atom stereocenters. The lowest BCUT2D eigenvalue weighted by Gasteiger charge is -2.29. The Morgan fingerprint density at radius 2 is 2.24 bits per heavy atom. The quantitative estimate of drug-likeness (QED) is 0.498. The van der Waals surface area contributed by atoms with Crippen molar-refractivity contribution in [3.8, 4) is 0 Å². The van der Waals surface area contributed by atoms with Crippen LogP contribution in [-0.4, -0.2) is 40.9 Å². The van der Waals surface area contributed by atoms with E-state index in [4.69, 9.17) is 26.0 Å². The lowest BCUT2D eigenvalue weighted by atomic mass is 10.2. The summed E-state index contributed by atoms with van der Waals surface area (Å²) in [5.74, 6) is -3.22. The van der Waals surface area contributed by atoms with Crippen molar-refractivity contribution >= 4 is 46.6 Å². The number of carboxylic acid groups (broad SMARTS) is 1. The minimum Gasteiger partial charge on any atom is -0.474 e. The number of rotatable bonds is 7. The third kappa shape index (κ3) is 4.55. The number of hydrogen-bond acceptors (Lipinski definition) is 7. The molecule has 1 aliphatic rings. The molecule has 3 rings (SSSR count). The highest BCUT2D eigenvalue weighted by molar-refractivity contribution is 8.04. The molecule has 11 heteroatoms. The van der Waals surface area contributed by atoms with E-state index in [1.54, 1.807) is 6.07 Å². The highest BCUT2D eigenvalue weighted by Gasteiger charge is 2.39. The van der Waals surface area contributed by atoms with Gasteiger partial charge >= 0.3 is 11.9 Å². The zero-order valence-electron chi connectivity index (χ0n) is 15.2. The first-order valence-corrected chi connectivity index (χ1v) is 9.85. The van der Waals surface area contributed by atoms with E-state index in [-0.39, 0.29) is 10.7 Å². The van der Waals surface area contributed by atoms with Crippen LogP contribution in [0.5, 0.6) is 0 Å². The van der Waals surface area contributed by atoms with Gasteiger partial charge in [0.15, 0.2) is 11.3 Å². The number of ether oxygens (including phenoxy) is 1. The molecule has 2 heterocycles. The topological polar surface area (TPSA) is 105 Å². The fraction of sp³-hybridized carbons (Fsp3) is 0.278. The average Bonchev–Trinajstić information content (AvgIpc) is 3.30. The van der Waals surface area contributed by atoms with Crippen molar-refractivity contribution in [2.75, 3.05) is 18.1 Å². The molecule has 0 fully saturated rings. The van der Waals surface area contributed by atoms with E-state index in [1.165, 1.54) is 29.3 Å². The lowest BCUT2D eigenvalue weighted by molar-refractivity contribution is -0.150. The van der Waals surface area contributed by atoms with Crippen LogP contribution in [0.2, 0.25) is 5.02 Å². The summed E-state index contributed by atoms with van der Waals surface area (Å²) < 4.78 is 25.5. The maximum Gasteiger partial charge on any atom is 0.394 e. The van der Waals surface area contributed by atoms with Crippen LogP contribution in [0.25, 0.3) is 5.70 Å². The average molecular weight is 442 g/mol. The van der Waals surface area contributed by atoms with E-state index < -0.39 is 23.2 Å². The molecule has 1 aromatic heterocycles. The SMILES string of the molecule is CCOCCC1=C(c2ccno2)N(c2c(F)cccc2Cl)C(NC(=O)C(=O)O)S1. The van der Waals surface area contributed by atoms with Gasteiger partial charge in [-0.2, -0.15) is 0 Å². The molecule has 154 valence electrons. The van der Waals surface area contributed by atoms with Crippen LogP contribution in [0.3, 0.4) is 0 Å². The highest BCUT2D eigenvalue weighted by Crippen LogP contribution is 2.48. The molecule has 1 aromatic carbocycles. The number of anilines is 1. The van der Waals surface area contributed by atoms with Crippen molar-refractivity contribution in [1.82, 2.24) is 10.5 Å². The van der Waals surface area contributed by atoms with Crippen molar-refractivity contribution < 1.29 is 28.3 Å². The van der Waals surface area contributed by atoms with Gasteiger partial charge in [-0.05, 0) is 19.1 Å². The Hall–Kier alpha value is -2.56. The predicted molar refractivity (Wildman–Crippen MR) is 106 cm³/mol. The number of nitrogens with zero attached hydrogens (tertiary/aromatic N) is 2. The summed E-state index contributed by atoms with van der Waals surface area (Å²) in [5, 5.41) is 15.2. The number of hydrogen-bond donors (Lipinski definition) is 2. The van der Waals surface area contributed by atoms with Crippen molar-refractivity contribution in [3.63, 3.8) is 0 Å². The largest absolute Gasteiger partial charge is 0.474 e. The van der Waals surface area contributed by atoms with Gasteiger partial charge in [0.1, 0.15) is 5.82 Å². The summed E-state index contributed by atoms with van der Waals surface area (Å²) in [6.45, 7) is 2.74. The van der Waals surface area contributed by atoms with Crippen LogP contribution in [0, 0.1) is 5.82 Å². The molecule has 29 heavy (non-hydrogen) atoms. The predicted octanol–water partition coefficient (Wildman–Crippen LogP) is 3.30. The Labute approximate surface area is 174 Å². The van der Waals surface area contributed by atoms with Gasteiger partial charge in [-0.25, -0.2) is 9.18 Å². The van der Waals surface area contributed by atoms with Crippen molar-refractivity contribution in [3.05, 3.63) is 52.0 Å². The minimum absolute atomic E-state index is 0.0184. The molecule has 1 amide bonds. The van der Waals surface area contributed by atoms with Crippen LogP contribution in [0.15, 0.2) is 39.9 Å². The van der Waals surface area contributed by atoms with Gasteiger partial charge in [-0.3, -0.25) is 4.79 Å². The van der Waals surface area contributed by atoms with Crippen molar-refractivity contribution in [2.45, 2.75) is 18.8 Å². The molecule has 0 radical (unpaired) electrons. The van der Waals surface area contributed by atoms with E-state index in [9.17, 15) is 14.0 Å². The highest BCUT2D eigenvalue weighted by atomic mass is 35.5. The molecular weight excluding hydrogens is 425 g/mol. The van der Waals surface area contributed by atoms with E-state index in [0.717, 1.165) is 11.8 Å². The molecule has 0 spiro atoms. The monoisotopic (exact) mass is 441 g/mol. The number of benzene rings is 1. The van der Waals surface area contributed by atoms with E-state index in [1.807, 2.05) is 6.92 Å². The summed E-state index contributed by atoms with van der Waals surface area (Å²) in [6, 6.07) is 5.75. The normalized spacial score (nSPS) is 16.4. The van der Waals surface area contributed by atoms with Gasteiger partial charge in [0.25, 0.3) is 0 Å². The number of carboxylic acids is 1. The second kappa shape index (κ2) is 9.29. The third-order valence-electron chi connectivity index (χ3n) is 3.97. The second-order valence-electron chi connectivity index (χ2n) is 5.78. The number of aliphatic carboxylic acids is 1. The zero-order valence-corrected chi connectivity index (χ0v) is 16.8. The molecule has 8 nitrogen and oxygen atoms in total. The number of aromatic nitrogens is 1. The molecule has 1 atom stereocenters. The molecule has 0 saturated heterocycles. The smallest absolute Gasteiger partial charge is 0.394 e. The fourth-order valence-corrected chi connectivity index (χ4v) is 4.31. The third-order valence-corrected chi connectivity index (χ3v) is 5.51. The van der Waals surface area contributed by atoms with Crippen LogP contribution < -0.4 is 10.2 Å². The van der Waals surface area contributed by atoms with Gasteiger partial charge in [0.05, 0.1) is 29.2 Å². The Balaban J connectivity index is 2.10. The summed E-state index contributed by atoms with van der Waals surface area (Å²) in [4.78, 5) is 25.0. The molecule has 0 aliphatic carbocycles. The standard InChI is InChI=1S/C18H17ClFN3O5S/c1-2-27-9-7-13-15(12-6-8-21-28-12)23(14-10(19)4-3-5-11(14)20)18(29-13)22-16(24)17(25)26/h3-6,8,18H,2,7,9H2,1H3,(H,22,24)(H,25,26). The van der Waals surface area contributed by atoms with Crippen LogP contribution >= 0.6 is 23.4 Å². The summed E-state index contributed by atoms with van der Waals surface area (Å²) in [7, 11) is 0. The zero-order chi connectivity index (χ0) is 21.0. The Morgan fingerprint density at radius 3 is 2.86 bits per heavy atom. The van der Waals surface area contributed by atoms with Gasteiger partial charge in [-0.15, -0.1) is 0 Å². The summed E-state index contributed by atoms with van der Waals surface area (Å²) >= 11 is 7.41. The van der Waals surface area contributed by atoms with Gasteiger partial charge < -0.3 is 24.6 Å². The molecule has 2 aromatic rings. The maximum atomic E-state index is 14.8. The number of carbonyl (C=O) groups excluding carboxylic acids is 1. The Kier molecular flexibility index (Phi) is 6.78. The van der Waals surface area contributed by atoms with Gasteiger partial charge in [-0.1, -0.05) is 34.6 Å². The maximum absolute atomic E-state index is 14.8. The van der Waals surface area contributed by atoms with Crippen molar-refractivity contribution in [1.29, 1.82) is 0 Å². The van der Waals surface area contributed by atoms with Crippen LogP contribution in [0.1, 0.15) is 19.1 Å². The number of carbonyl (C=O) groups is 2. The van der Waals surface area contributed by atoms with Gasteiger partial charge in [0.2, 0.25) is 0 Å². The van der Waals surface area contributed by atoms with E-state index in [0.29, 0.717) is 36.0 Å². The molecular formula is C18H17ClFN3O5S. The number of amides is 1. The van der Waals surface area contributed by atoms with Gasteiger partial charge in [0, 0.05) is 24.0 Å².